The van der Waals surface area contributed by atoms with E-state index in [0.717, 1.165) is 34.6 Å². The predicted molar refractivity (Wildman–Crippen MR) is 175 cm³/mol. The largest absolute Gasteiger partial charge is 0.573 e. The Morgan fingerprint density at radius 1 is 1.00 bits per heavy atom. The predicted octanol–water partition coefficient (Wildman–Crippen LogP) is 5.20. The summed E-state index contributed by atoms with van der Waals surface area (Å²) in [5.41, 5.74) is 1.95. The monoisotopic (exact) mass is 677 g/mol. The molecule has 0 fully saturated rings. The minimum atomic E-state index is -4.87. The third-order valence-corrected chi connectivity index (χ3v) is 8.52. The van der Waals surface area contributed by atoms with Crippen LogP contribution in [0.4, 0.5) is 18.9 Å². The maximum atomic E-state index is 13.6. The normalized spacial score (nSPS) is 14.1. The van der Waals surface area contributed by atoms with Gasteiger partial charge in [0.15, 0.2) is 6.10 Å². The number of carbonyl (C=O) groups is 2. The highest BCUT2D eigenvalue weighted by molar-refractivity contribution is 7.97. The molecule has 3 aromatic carbocycles. The summed E-state index contributed by atoms with van der Waals surface area (Å²) in [6.45, 7) is 4.93. The Bertz CT molecular complexity index is 1380. The van der Waals surface area contributed by atoms with Crippen molar-refractivity contribution >= 4 is 30.0 Å². The van der Waals surface area contributed by atoms with E-state index in [0.29, 0.717) is 18.2 Å². The fraction of sp³-hybridized carbons (Fsp3) is 0.412. The molecule has 3 aromatic rings. The average Bonchev–Trinajstić information content (AvgIpc) is 3.04. The molecule has 0 aromatic heterocycles. The van der Waals surface area contributed by atoms with Crippen molar-refractivity contribution in [3.05, 3.63) is 90.0 Å². The molecule has 4 unspecified atom stereocenters. The van der Waals surface area contributed by atoms with E-state index >= 15 is 0 Å². The third kappa shape index (κ3) is 13.1. The number of ether oxygens (including phenoxy) is 2. The van der Waals surface area contributed by atoms with Gasteiger partial charge in [0.1, 0.15) is 5.75 Å². The van der Waals surface area contributed by atoms with Gasteiger partial charge in [0.2, 0.25) is 0 Å². The number of likely N-dealkylation sites (N-methyl/N-ethyl adjacent to an activating group) is 1. The molecule has 256 valence electrons. The Morgan fingerprint density at radius 2 is 1.70 bits per heavy atom. The number of alkyl halides is 3. The first-order chi connectivity index (χ1) is 22.4. The number of rotatable bonds is 19. The first kappa shape index (κ1) is 37.7. The Hall–Kier alpha value is -3.78. The lowest BCUT2D eigenvalue weighted by atomic mass is 10.00. The molecular formula is C34H42F3N3O6S. The number of hydrogen-bond donors (Lipinski definition) is 3. The summed E-state index contributed by atoms with van der Waals surface area (Å²) in [6, 6.07) is 21.2. The summed E-state index contributed by atoms with van der Waals surface area (Å²) in [5, 5.41) is 23.9. The van der Waals surface area contributed by atoms with Gasteiger partial charge in [-0.2, -0.15) is 0 Å². The number of aliphatic hydroxyl groups excluding tert-OH is 2. The zero-order valence-electron chi connectivity index (χ0n) is 26.6. The van der Waals surface area contributed by atoms with Crippen LogP contribution in [0.25, 0.3) is 0 Å². The molecule has 9 nitrogen and oxygen atoms in total. The van der Waals surface area contributed by atoms with E-state index in [1.54, 1.807) is 0 Å². The van der Waals surface area contributed by atoms with Crippen LogP contribution in [0.15, 0.2) is 83.8 Å². The topological polar surface area (TPSA) is 112 Å². The highest BCUT2D eigenvalue weighted by Crippen LogP contribution is 2.28. The second-order valence-electron chi connectivity index (χ2n) is 11.3. The van der Waals surface area contributed by atoms with Gasteiger partial charge in [0, 0.05) is 36.8 Å². The highest BCUT2D eigenvalue weighted by atomic mass is 32.2. The van der Waals surface area contributed by atoms with Crippen molar-refractivity contribution in [2.45, 2.75) is 62.8 Å². The van der Waals surface area contributed by atoms with Crippen LogP contribution in [0.1, 0.15) is 31.4 Å². The Balaban J connectivity index is 1.80. The van der Waals surface area contributed by atoms with E-state index in [9.17, 15) is 33.0 Å². The summed E-state index contributed by atoms with van der Waals surface area (Å²) in [4.78, 5) is 27.4. The quantitative estimate of drug-likeness (QED) is 0.117. The Kier molecular flexibility index (Phi) is 14.9. The minimum absolute atomic E-state index is 0.0649. The van der Waals surface area contributed by atoms with Crippen molar-refractivity contribution in [1.29, 1.82) is 0 Å². The summed E-state index contributed by atoms with van der Waals surface area (Å²) < 4.78 is 49.4. The van der Waals surface area contributed by atoms with Crippen LogP contribution in [0.3, 0.4) is 0 Å². The standard InChI is InChI=1S/C34H42F3N3O6S/c1-4-24(2)19-40(47-29-15-13-26(22-41)14-16-29)20-31(43)30(17-25-9-6-5-7-10-25)38-33(44)32(45-23-42)21-39(3)27-11-8-12-28(18-27)46-34(35,36)37/h5-16,18,23-24,30-32,41,43H,4,17,19-22H2,1-3H3,(H,38,44). The van der Waals surface area contributed by atoms with Gasteiger partial charge in [0.25, 0.3) is 12.4 Å². The first-order valence-corrected chi connectivity index (χ1v) is 16.0. The van der Waals surface area contributed by atoms with Crippen molar-refractivity contribution in [2.24, 2.45) is 5.92 Å². The van der Waals surface area contributed by atoms with Crippen molar-refractivity contribution in [3.63, 3.8) is 0 Å². The minimum Gasteiger partial charge on any atom is -0.453 e. The Morgan fingerprint density at radius 3 is 2.32 bits per heavy atom. The number of nitrogens with zero attached hydrogens (tertiary/aromatic N) is 2. The van der Waals surface area contributed by atoms with E-state index in [-0.39, 0.29) is 32.6 Å². The number of hydrogen-bond acceptors (Lipinski definition) is 9. The molecule has 47 heavy (non-hydrogen) atoms. The third-order valence-electron chi connectivity index (χ3n) is 7.48. The van der Waals surface area contributed by atoms with Gasteiger partial charge >= 0.3 is 6.36 Å². The lowest BCUT2D eigenvalue weighted by molar-refractivity contribution is -0.274. The zero-order chi connectivity index (χ0) is 34.4. The van der Waals surface area contributed by atoms with Gasteiger partial charge < -0.3 is 29.9 Å². The second kappa shape index (κ2) is 18.5. The second-order valence-corrected chi connectivity index (χ2v) is 12.4. The van der Waals surface area contributed by atoms with Crippen molar-refractivity contribution in [2.75, 3.05) is 31.6 Å². The van der Waals surface area contributed by atoms with Crippen molar-refractivity contribution in [1.82, 2.24) is 9.62 Å². The molecule has 0 saturated heterocycles. The summed E-state index contributed by atoms with van der Waals surface area (Å²) in [5.74, 6) is -0.795. The number of halogens is 3. The van der Waals surface area contributed by atoms with E-state index < -0.39 is 36.3 Å². The Labute approximate surface area is 277 Å². The molecule has 0 bridgehead atoms. The van der Waals surface area contributed by atoms with Gasteiger partial charge in [-0.25, -0.2) is 4.31 Å². The molecule has 13 heteroatoms. The van der Waals surface area contributed by atoms with Crippen LogP contribution in [-0.4, -0.2) is 78.2 Å². The molecule has 3 N–H and O–H groups in total. The molecule has 0 aliphatic rings. The molecule has 0 heterocycles. The molecule has 0 aliphatic heterocycles. The molecule has 0 radical (unpaired) electrons. The summed E-state index contributed by atoms with van der Waals surface area (Å²) in [6.07, 6.45) is -6.06. The molecule has 0 aliphatic carbocycles. The van der Waals surface area contributed by atoms with E-state index in [4.69, 9.17) is 4.74 Å². The molecule has 4 atom stereocenters. The zero-order valence-corrected chi connectivity index (χ0v) is 27.4. The van der Waals surface area contributed by atoms with Crippen LogP contribution < -0.4 is 15.0 Å². The van der Waals surface area contributed by atoms with Crippen molar-refractivity contribution in [3.8, 4) is 5.75 Å². The molecular weight excluding hydrogens is 635 g/mol. The number of benzene rings is 3. The molecule has 1 amide bonds. The molecule has 3 rings (SSSR count). The number of carbonyl (C=O) groups excluding carboxylic acids is 2. The van der Waals surface area contributed by atoms with Crippen LogP contribution in [0.5, 0.6) is 5.75 Å². The van der Waals surface area contributed by atoms with Gasteiger partial charge in [-0.05, 0) is 59.7 Å². The summed E-state index contributed by atoms with van der Waals surface area (Å²) >= 11 is 1.47. The average molecular weight is 678 g/mol. The SMILES string of the molecule is CCC(C)CN(CC(O)C(Cc1ccccc1)NC(=O)C(CN(C)c1cccc(OC(F)(F)F)c1)OC=O)Sc1ccc(CO)cc1. The van der Waals surface area contributed by atoms with Crippen LogP contribution >= 0.6 is 11.9 Å². The number of anilines is 1. The highest BCUT2D eigenvalue weighted by Gasteiger charge is 2.32. The molecule has 0 spiro atoms. The number of aliphatic hydroxyl groups is 2. The van der Waals surface area contributed by atoms with E-state index in [1.165, 1.54) is 36.0 Å². The number of nitrogens with one attached hydrogen (secondary N) is 1. The smallest absolute Gasteiger partial charge is 0.453 e. The van der Waals surface area contributed by atoms with E-state index in [1.807, 2.05) is 58.9 Å². The van der Waals surface area contributed by atoms with Gasteiger partial charge in [0.05, 0.1) is 25.3 Å². The number of amides is 1. The fourth-order valence-corrected chi connectivity index (χ4v) is 5.83. The van der Waals surface area contributed by atoms with Crippen molar-refractivity contribution < 1.29 is 42.4 Å². The maximum absolute atomic E-state index is 13.6. The lowest BCUT2D eigenvalue weighted by Crippen LogP contribution is -2.53. The summed E-state index contributed by atoms with van der Waals surface area (Å²) in [7, 11) is 1.54. The molecule has 0 saturated carbocycles. The van der Waals surface area contributed by atoms with Gasteiger partial charge in [-0.3, -0.25) is 9.59 Å². The van der Waals surface area contributed by atoms with Crippen LogP contribution in [0.2, 0.25) is 0 Å². The lowest BCUT2D eigenvalue weighted by Gasteiger charge is -2.32. The van der Waals surface area contributed by atoms with Crippen LogP contribution in [-0.2, 0) is 27.4 Å². The fourth-order valence-electron chi connectivity index (χ4n) is 4.72. The van der Waals surface area contributed by atoms with Gasteiger partial charge in [-0.1, -0.05) is 68.8 Å². The maximum Gasteiger partial charge on any atom is 0.573 e. The van der Waals surface area contributed by atoms with Crippen LogP contribution in [0, 0.1) is 5.92 Å². The van der Waals surface area contributed by atoms with E-state index in [2.05, 4.69) is 23.9 Å². The van der Waals surface area contributed by atoms with Gasteiger partial charge in [-0.15, -0.1) is 13.2 Å². The first-order valence-electron chi connectivity index (χ1n) is 15.2.